The van der Waals surface area contributed by atoms with Gasteiger partial charge in [0.2, 0.25) is 11.8 Å². The molecule has 0 bridgehead atoms. The van der Waals surface area contributed by atoms with Gasteiger partial charge in [0.05, 0.1) is 17.4 Å². The zero-order valence-corrected chi connectivity index (χ0v) is 13.5. The van der Waals surface area contributed by atoms with Gasteiger partial charge in [0.25, 0.3) is 0 Å². The highest BCUT2D eigenvalue weighted by Crippen LogP contribution is 2.39. The molecule has 0 aromatic heterocycles. The van der Waals surface area contributed by atoms with Crippen molar-refractivity contribution in [3.8, 4) is 0 Å². The van der Waals surface area contributed by atoms with Gasteiger partial charge in [-0.15, -0.1) is 0 Å². The van der Waals surface area contributed by atoms with Gasteiger partial charge in [-0.05, 0) is 44.8 Å². The first-order chi connectivity index (χ1) is 11.2. The average Bonchev–Trinajstić information content (AvgIpc) is 3.27. The standard InChI is InChI=1S/C16H20F3N3O2/c1-22(2)8-7-20-14(23)12-9-13(12)15(24)21-11-5-3-10(4-6-11)16(17,18)19/h3-6,12-13H,7-9H2,1-2H3,(H,20,23)(H,21,24). The van der Waals surface area contributed by atoms with Crippen molar-refractivity contribution in [1.29, 1.82) is 0 Å². The summed E-state index contributed by atoms with van der Waals surface area (Å²) in [5, 5.41) is 5.31. The monoisotopic (exact) mass is 343 g/mol. The van der Waals surface area contributed by atoms with Gasteiger partial charge in [0, 0.05) is 18.8 Å². The highest BCUT2D eigenvalue weighted by Gasteiger charge is 2.47. The molecule has 0 aliphatic heterocycles. The minimum Gasteiger partial charge on any atom is -0.355 e. The van der Waals surface area contributed by atoms with E-state index in [2.05, 4.69) is 10.6 Å². The van der Waals surface area contributed by atoms with Crippen molar-refractivity contribution in [1.82, 2.24) is 10.2 Å². The molecule has 24 heavy (non-hydrogen) atoms. The van der Waals surface area contributed by atoms with Crippen LogP contribution in [0.2, 0.25) is 0 Å². The summed E-state index contributed by atoms with van der Waals surface area (Å²) in [4.78, 5) is 25.8. The molecule has 0 spiro atoms. The largest absolute Gasteiger partial charge is 0.416 e. The SMILES string of the molecule is CN(C)CCNC(=O)C1CC1C(=O)Nc1ccc(C(F)(F)F)cc1. The van der Waals surface area contributed by atoms with Crippen LogP contribution < -0.4 is 10.6 Å². The van der Waals surface area contributed by atoms with Crippen molar-refractivity contribution in [2.75, 3.05) is 32.5 Å². The minimum atomic E-state index is -4.41. The Balaban J connectivity index is 1.81. The molecule has 1 aromatic rings. The third kappa shape index (κ3) is 4.95. The molecule has 2 atom stereocenters. The summed E-state index contributed by atoms with van der Waals surface area (Å²) < 4.78 is 37.4. The van der Waals surface area contributed by atoms with E-state index in [1.165, 1.54) is 12.1 Å². The Morgan fingerprint density at radius 3 is 2.25 bits per heavy atom. The summed E-state index contributed by atoms with van der Waals surface area (Å²) in [5.74, 6) is -1.29. The van der Waals surface area contributed by atoms with Crippen LogP contribution in [-0.2, 0) is 15.8 Å². The maximum Gasteiger partial charge on any atom is 0.416 e. The van der Waals surface area contributed by atoms with Crippen LogP contribution >= 0.6 is 0 Å². The first-order valence-electron chi connectivity index (χ1n) is 7.59. The normalized spacial score (nSPS) is 19.9. The van der Waals surface area contributed by atoms with Crippen LogP contribution in [0.15, 0.2) is 24.3 Å². The molecule has 2 unspecified atom stereocenters. The van der Waals surface area contributed by atoms with Gasteiger partial charge in [-0.2, -0.15) is 13.2 Å². The van der Waals surface area contributed by atoms with E-state index in [4.69, 9.17) is 0 Å². The quantitative estimate of drug-likeness (QED) is 0.830. The van der Waals surface area contributed by atoms with E-state index >= 15 is 0 Å². The molecule has 0 saturated heterocycles. The molecule has 2 rings (SSSR count). The van der Waals surface area contributed by atoms with Crippen LogP contribution in [-0.4, -0.2) is 43.9 Å². The van der Waals surface area contributed by atoms with E-state index in [0.29, 0.717) is 19.5 Å². The highest BCUT2D eigenvalue weighted by molar-refractivity contribution is 5.99. The fourth-order valence-corrected chi connectivity index (χ4v) is 2.29. The highest BCUT2D eigenvalue weighted by atomic mass is 19.4. The topological polar surface area (TPSA) is 61.4 Å². The Bertz CT molecular complexity index is 600. The predicted molar refractivity (Wildman–Crippen MR) is 83.2 cm³/mol. The fourth-order valence-electron chi connectivity index (χ4n) is 2.29. The predicted octanol–water partition coefficient (Wildman–Crippen LogP) is 1.96. The summed E-state index contributed by atoms with van der Waals surface area (Å²) in [6, 6.07) is 4.23. The van der Waals surface area contributed by atoms with Crippen LogP contribution in [0.4, 0.5) is 18.9 Å². The van der Waals surface area contributed by atoms with Crippen LogP contribution in [0.25, 0.3) is 0 Å². The van der Waals surface area contributed by atoms with Gasteiger partial charge in [0.1, 0.15) is 0 Å². The Hall–Kier alpha value is -2.09. The number of carbonyl (C=O) groups is 2. The molecule has 2 amide bonds. The first kappa shape index (κ1) is 18.3. The summed E-state index contributed by atoms with van der Waals surface area (Å²) in [7, 11) is 3.78. The number of benzene rings is 1. The number of anilines is 1. The van der Waals surface area contributed by atoms with Crippen LogP contribution in [0.3, 0.4) is 0 Å². The number of likely N-dealkylation sites (N-methyl/N-ethyl adjacent to an activating group) is 1. The zero-order valence-electron chi connectivity index (χ0n) is 13.5. The van der Waals surface area contributed by atoms with E-state index in [-0.39, 0.29) is 23.4 Å². The van der Waals surface area contributed by atoms with Crippen molar-refractivity contribution >= 4 is 17.5 Å². The van der Waals surface area contributed by atoms with Gasteiger partial charge in [-0.3, -0.25) is 9.59 Å². The van der Waals surface area contributed by atoms with E-state index in [9.17, 15) is 22.8 Å². The number of hydrogen-bond acceptors (Lipinski definition) is 3. The number of amides is 2. The lowest BCUT2D eigenvalue weighted by Crippen LogP contribution is -2.33. The lowest BCUT2D eigenvalue weighted by atomic mass is 10.2. The minimum absolute atomic E-state index is 0.163. The van der Waals surface area contributed by atoms with E-state index in [1.807, 2.05) is 19.0 Å². The van der Waals surface area contributed by atoms with Gasteiger partial charge in [0.15, 0.2) is 0 Å². The third-order valence-corrected chi connectivity index (χ3v) is 3.80. The fraction of sp³-hybridized carbons (Fsp3) is 0.500. The van der Waals surface area contributed by atoms with Crippen molar-refractivity contribution in [2.45, 2.75) is 12.6 Å². The summed E-state index contributed by atoms with van der Waals surface area (Å²) in [6.07, 6.45) is -3.95. The smallest absolute Gasteiger partial charge is 0.355 e. The molecule has 2 N–H and O–H groups in total. The van der Waals surface area contributed by atoms with Gasteiger partial charge >= 0.3 is 6.18 Å². The van der Waals surface area contributed by atoms with E-state index < -0.39 is 17.7 Å². The number of nitrogens with zero attached hydrogens (tertiary/aromatic N) is 1. The van der Waals surface area contributed by atoms with Crippen molar-refractivity contribution in [3.05, 3.63) is 29.8 Å². The zero-order chi connectivity index (χ0) is 17.9. The Morgan fingerprint density at radius 2 is 1.71 bits per heavy atom. The molecular weight excluding hydrogens is 323 g/mol. The summed E-state index contributed by atoms with van der Waals surface area (Å²) in [6.45, 7) is 1.22. The van der Waals surface area contributed by atoms with Crippen molar-refractivity contribution < 1.29 is 22.8 Å². The number of rotatable bonds is 6. The van der Waals surface area contributed by atoms with Gasteiger partial charge in [-0.25, -0.2) is 0 Å². The molecule has 132 valence electrons. The number of halogens is 3. The van der Waals surface area contributed by atoms with Crippen LogP contribution in [0, 0.1) is 11.8 Å². The second kappa shape index (κ2) is 7.21. The number of nitrogens with one attached hydrogen (secondary N) is 2. The molecule has 1 aliphatic carbocycles. The van der Waals surface area contributed by atoms with Crippen LogP contribution in [0.5, 0.6) is 0 Å². The number of hydrogen-bond donors (Lipinski definition) is 2. The Kier molecular flexibility index (Phi) is 5.48. The molecule has 1 aromatic carbocycles. The summed E-state index contributed by atoms with van der Waals surface area (Å²) >= 11 is 0. The summed E-state index contributed by atoms with van der Waals surface area (Å²) in [5.41, 5.74) is -0.489. The lowest BCUT2D eigenvalue weighted by Gasteiger charge is -2.10. The molecule has 0 radical (unpaired) electrons. The maximum absolute atomic E-state index is 12.5. The van der Waals surface area contributed by atoms with Crippen LogP contribution in [0.1, 0.15) is 12.0 Å². The molecular formula is C16H20F3N3O2. The Morgan fingerprint density at radius 1 is 1.12 bits per heavy atom. The number of alkyl halides is 3. The Labute approximate surface area is 138 Å². The van der Waals surface area contributed by atoms with Gasteiger partial charge < -0.3 is 15.5 Å². The molecule has 1 aliphatic rings. The molecule has 5 nitrogen and oxygen atoms in total. The second-order valence-corrected chi connectivity index (χ2v) is 6.11. The average molecular weight is 343 g/mol. The first-order valence-corrected chi connectivity index (χ1v) is 7.59. The molecule has 8 heteroatoms. The van der Waals surface area contributed by atoms with Crippen molar-refractivity contribution in [3.63, 3.8) is 0 Å². The van der Waals surface area contributed by atoms with E-state index in [0.717, 1.165) is 12.1 Å². The van der Waals surface area contributed by atoms with E-state index in [1.54, 1.807) is 0 Å². The molecule has 1 fully saturated rings. The number of carbonyl (C=O) groups excluding carboxylic acids is 2. The maximum atomic E-state index is 12.5. The third-order valence-electron chi connectivity index (χ3n) is 3.80. The van der Waals surface area contributed by atoms with Gasteiger partial charge in [-0.1, -0.05) is 0 Å². The van der Waals surface area contributed by atoms with Crippen molar-refractivity contribution in [2.24, 2.45) is 11.8 Å². The lowest BCUT2D eigenvalue weighted by molar-refractivity contribution is -0.137. The molecule has 1 saturated carbocycles. The second-order valence-electron chi connectivity index (χ2n) is 6.11. The molecule has 0 heterocycles.